The van der Waals surface area contributed by atoms with Gasteiger partial charge in [0.1, 0.15) is 0 Å². The summed E-state index contributed by atoms with van der Waals surface area (Å²) >= 11 is 0. The molecule has 0 amide bonds. The van der Waals surface area contributed by atoms with Gasteiger partial charge in [-0.15, -0.1) is 0 Å². The lowest BCUT2D eigenvalue weighted by molar-refractivity contribution is 0.271. The fourth-order valence-electron chi connectivity index (χ4n) is 4.06. The van der Waals surface area contributed by atoms with Gasteiger partial charge in [0.05, 0.1) is 29.5 Å². The van der Waals surface area contributed by atoms with Crippen molar-refractivity contribution >= 4 is 22.7 Å². The molecule has 0 unspecified atom stereocenters. The van der Waals surface area contributed by atoms with Gasteiger partial charge < -0.3 is 0 Å². The van der Waals surface area contributed by atoms with Crippen LogP contribution in [0, 0.1) is 5.92 Å². The van der Waals surface area contributed by atoms with Crippen LogP contribution in [0.25, 0.3) is 11.0 Å². The molecule has 1 saturated carbocycles. The second-order valence-corrected chi connectivity index (χ2v) is 7.62. The molecule has 0 bridgehead atoms. The van der Waals surface area contributed by atoms with E-state index in [0.29, 0.717) is 12.0 Å². The van der Waals surface area contributed by atoms with Gasteiger partial charge in [-0.25, -0.2) is 9.67 Å². The molecule has 5 rings (SSSR count). The Labute approximate surface area is 158 Å². The number of fused-ring (bicyclic) bond motifs is 1. The zero-order chi connectivity index (χ0) is 18.4. The highest BCUT2D eigenvalue weighted by Crippen LogP contribution is 2.35. The second-order valence-electron chi connectivity index (χ2n) is 7.62. The summed E-state index contributed by atoms with van der Waals surface area (Å²) < 4.78 is 3.90. The molecule has 0 radical (unpaired) electrons. The number of hydrogen-bond donors (Lipinski definition) is 0. The smallest absolute Gasteiger partial charge is 0.236 e. The fourth-order valence-corrected chi connectivity index (χ4v) is 4.06. The van der Waals surface area contributed by atoms with Gasteiger partial charge in [-0.1, -0.05) is 25.8 Å². The van der Waals surface area contributed by atoms with E-state index in [4.69, 9.17) is 4.98 Å². The normalized spacial score (nSPS) is 21.9. The molecule has 138 valence electrons. The summed E-state index contributed by atoms with van der Waals surface area (Å²) in [5, 5.41) is 9.95. The number of hydrogen-bond acceptors (Lipinski definition) is 5. The molecule has 2 atom stereocenters. The van der Waals surface area contributed by atoms with Crippen molar-refractivity contribution in [3.8, 4) is 0 Å². The summed E-state index contributed by atoms with van der Waals surface area (Å²) in [4.78, 5) is 11.6. The Morgan fingerprint density at radius 3 is 2.74 bits per heavy atom. The van der Waals surface area contributed by atoms with Crippen LogP contribution in [-0.4, -0.2) is 29.5 Å². The van der Waals surface area contributed by atoms with E-state index in [0.717, 1.165) is 34.8 Å². The van der Waals surface area contributed by atoms with Gasteiger partial charge in [0.2, 0.25) is 5.95 Å². The largest absolute Gasteiger partial charge is 0.276 e. The quantitative estimate of drug-likeness (QED) is 0.705. The monoisotopic (exact) mass is 361 g/mol. The number of aryl methyl sites for hydroxylation is 1. The molecule has 0 spiro atoms. The van der Waals surface area contributed by atoms with Gasteiger partial charge in [0, 0.05) is 25.1 Å². The molecule has 7 nitrogen and oxygen atoms in total. The first-order valence-corrected chi connectivity index (χ1v) is 9.56. The van der Waals surface area contributed by atoms with E-state index < -0.39 is 0 Å². The average Bonchev–Trinajstić information content (AvgIpc) is 3.23. The summed E-state index contributed by atoms with van der Waals surface area (Å²) in [5.74, 6) is 1.39. The Morgan fingerprint density at radius 1 is 1.15 bits per heavy atom. The Bertz CT molecular complexity index is 1040. The summed E-state index contributed by atoms with van der Waals surface area (Å²) in [6, 6.07) is 0.420. The molecule has 0 N–H and O–H groups in total. The highest BCUT2D eigenvalue weighted by Gasteiger charge is 2.25. The molecular weight excluding hydrogens is 338 g/mol. The summed E-state index contributed by atoms with van der Waals surface area (Å²) in [6.07, 6.45) is 18.6. The molecule has 2 aliphatic rings. The van der Waals surface area contributed by atoms with E-state index in [9.17, 15) is 0 Å². The molecule has 2 aliphatic carbocycles. The van der Waals surface area contributed by atoms with E-state index >= 15 is 0 Å². The molecule has 3 aromatic rings. The van der Waals surface area contributed by atoms with Gasteiger partial charge in [-0.3, -0.25) is 9.58 Å². The van der Waals surface area contributed by atoms with Crippen LogP contribution in [0.5, 0.6) is 0 Å². The third-order valence-electron chi connectivity index (χ3n) is 5.52. The Morgan fingerprint density at radius 2 is 2.04 bits per heavy atom. The topological polar surface area (TPSA) is 64.7 Å². The zero-order valence-corrected chi connectivity index (χ0v) is 15.7. The maximum atomic E-state index is 4.93. The predicted octanol–water partition coefficient (Wildman–Crippen LogP) is 3.90. The van der Waals surface area contributed by atoms with Crippen molar-refractivity contribution in [2.45, 2.75) is 38.6 Å². The summed E-state index contributed by atoms with van der Waals surface area (Å²) in [6.45, 7) is 2.33. The van der Waals surface area contributed by atoms with E-state index in [1.165, 1.54) is 19.3 Å². The highest BCUT2D eigenvalue weighted by molar-refractivity contribution is 5.77. The SMILES string of the molecule is C[C@H]1CCC[C@H](n2ncc3cnc(N(C4=CC=C4)c4cnn(C)c4)nc32)C1. The van der Waals surface area contributed by atoms with E-state index in [2.05, 4.69) is 38.9 Å². The first-order valence-electron chi connectivity index (χ1n) is 9.56. The second kappa shape index (κ2) is 6.33. The number of allylic oxidation sites excluding steroid dienone is 3. The molecule has 1 fully saturated rings. The predicted molar refractivity (Wildman–Crippen MR) is 105 cm³/mol. The van der Waals surface area contributed by atoms with Crippen molar-refractivity contribution in [1.29, 1.82) is 0 Å². The van der Waals surface area contributed by atoms with Gasteiger partial charge >= 0.3 is 0 Å². The van der Waals surface area contributed by atoms with Crippen molar-refractivity contribution in [2.75, 3.05) is 4.90 Å². The molecular formula is C20H23N7. The number of anilines is 2. The van der Waals surface area contributed by atoms with Gasteiger partial charge in [-0.2, -0.15) is 15.2 Å². The zero-order valence-electron chi connectivity index (χ0n) is 15.7. The van der Waals surface area contributed by atoms with Crippen molar-refractivity contribution in [3.05, 3.63) is 48.7 Å². The standard InChI is InChI=1S/C20H23N7/c1-14-5-3-8-17(9-14)27-19-15(11-23-27)10-21-20(24-19)26(16-6-4-7-16)18-12-22-25(2)13-18/h4,6-7,10-14,17H,3,5,8-9H2,1-2H3/t14-,17-/m0/s1. The van der Waals surface area contributed by atoms with Crippen molar-refractivity contribution in [1.82, 2.24) is 29.5 Å². The third-order valence-corrected chi connectivity index (χ3v) is 5.52. The number of rotatable bonds is 4. The molecule has 0 saturated heterocycles. The van der Waals surface area contributed by atoms with Crippen LogP contribution in [0.15, 0.2) is 48.7 Å². The molecule has 0 aliphatic heterocycles. The van der Waals surface area contributed by atoms with Crippen LogP contribution >= 0.6 is 0 Å². The average molecular weight is 361 g/mol. The van der Waals surface area contributed by atoms with Gasteiger partial charge in [-0.05, 0) is 30.9 Å². The van der Waals surface area contributed by atoms with Crippen LogP contribution in [-0.2, 0) is 7.05 Å². The van der Waals surface area contributed by atoms with Crippen LogP contribution in [0.1, 0.15) is 38.6 Å². The van der Waals surface area contributed by atoms with Gasteiger partial charge in [0.25, 0.3) is 0 Å². The summed E-state index contributed by atoms with van der Waals surface area (Å²) in [7, 11) is 1.91. The van der Waals surface area contributed by atoms with Crippen LogP contribution in [0.4, 0.5) is 11.6 Å². The lowest BCUT2D eigenvalue weighted by Gasteiger charge is -2.27. The summed E-state index contributed by atoms with van der Waals surface area (Å²) in [5.41, 5.74) is 2.92. The minimum atomic E-state index is 0.420. The van der Waals surface area contributed by atoms with Crippen molar-refractivity contribution in [3.63, 3.8) is 0 Å². The lowest BCUT2D eigenvalue weighted by atomic mass is 9.87. The maximum Gasteiger partial charge on any atom is 0.236 e. The Hall–Kier alpha value is -2.96. The maximum absolute atomic E-state index is 4.93. The molecule has 7 heteroatoms. The minimum Gasteiger partial charge on any atom is -0.276 e. The minimum absolute atomic E-state index is 0.420. The Kier molecular flexibility index (Phi) is 3.81. The van der Waals surface area contributed by atoms with E-state index in [1.54, 1.807) is 4.68 Å². The molecule has 0 aromatic carbocycles. The van der Waals surface area contributed by atoms with E-state index in [1.807, 2.05) is 42.8 Å². The molecule has 27 heavy (non-hydrogen) atoms. The molecule has 3 aromatic heterocycles. The van der Waals surface area contributed by atoms with Crippen molar-refractivity contribution < 1.29 is 0 Å². The van der Waals surface area contributed by atoms with Crippen molar-refractivity contribution in [2.24, 2.45) is 13.0 Å². The van der Waals surface area contributed by atoms with E-state index in [-0.39, 0.29) is 0 Å². The Balaban J connectivity index is 1.57. The van der Waals surface area contributed by atoms with Gasteiger partial charge in [0.15, 0.2) is 5.65 Å². The third kappa shape index (κ3) is 2.83. The van der Waals surface area contributed by atoms with Crippen LogP contribution in [0.3, 0.4) is 0 Å². The lowest BCUT2D eigenvalue weighted by Crippen LogP contribution is -2.21. The first kappa shape index (κ1) is 16.2. The molecule has 3 heterocycles. The number of aromatic nitrogens is 6. The highest BCUT2D eigenvalue weighted by atomic mass is 15.4. The van der Waals surface area contributed by atoms with Crippen LogP contribution < -0.4 is 4.90 Å². The van der Waals surface area contributed by atoms with Crippen LogP contribution in [0.2, 0.25) is 0 Å². The number of nitrogens with zero attached hydrogens (tertiary/aromatic N) is 7. The first-order chi connectivity index (χ1) is 13.2. The fraction of sp³-hybridized carbons (Fsp3) is 0.400.